The van der Waals surface area contributed by atoms with Gasteiger partial charge in [-0.3, -0.25) is 0 Å². The molecule has 1 N–H and O–H groups in total. The van der Waals surface area contributed by atoms with Crippen LogP contribution in [0.5, 0.6) is 11.6 Å². The molecular formula is C29H28N6O4S. The molecule has 4 heterocycles. The van der Waals surface area contributed by atoms with Crippen LogP contribution in [0.1, 0.15) is 12.6 Å². The highest BCUT2D eigenvalue weighted by Gasteiger charge is 2.22. The molecule has 40 heavy (non-hydrogen) atoms. The van der Waals surface area contributed by atoms with Gasteiger partial charge in [-0.05, 0) is 37.1 Å². The van der Waals surface area contributed by atoms with Crippen molar-refractivity contribution in [2.24, 2.45) is 0 Å². The van der Waals surface area contributed by atoms with Gasteiger partial charge in [0.2, 0.25) is 11.8 Å². The largest absolute Gasteiger partial charge is 0.513 e. The van der Waals surface area contributed by atoms with Crippen LogP contribution in [-0.2, 0) is 4.74 Å². The standard InChI is InChI=1S/C29H28N6O4S/c1-4-38-26-24-23(32-28(34-26)35-14-12-30-13-15-35)22-17(2)31-25(33-27(22)40-24)19-10-8-18(9-11-19)20-6-5-7-21(16-20)39-29(36)37-3/h5-11,16,30H,4,12-15H2,1-3H3. The van der Waals surface area contributed by atoms with Gasteiger partial charge in [-0.25, -0.2) is 19.7 Å². The van der Waals surface area contributed by atoms with Crippen molar-refractivity contribution >= 4 is 43.9 Å². The number of ether oxygens (including phenoxy) is 3. The summed E-state index contributed by atoms with van der Waals surface area (Å²) in [4.78, 5) is 34.1. The first-order valence-electron chi connectivity index (χ1n) is 13.1. The maximum Gasteiger partial charge on any atom is 0.513 e. The second-order valence-corrected chi connectivity index (χ2v) is 10.3. The highest BCUT2D eigenvalue weighted by Crippen LogP contribution is 2.39. The summed E-state index contributed by atoms with van der Waals surface area (Å²) in [5.41, 5.74) is 4.46. The quantitative estimate of drug-likeness (QED) is 0.220. The number of aryl methyl sites for hydroxylation is 1. The summed E-state index contributed by atoms with van der Waals surface area (Å²) in [6.07, 6.45) is -0.754. The van der Waals surface area contributed by atoms with Crippen molar-refractivity contribution in [2.45, 2.75) is 13.8 Å². The van der Waals surface area contributed by atoms with E-state index in [0.717, 1.165) is 69.0 Å². The molecule has 6 rings (SSSR count). The number of carbonyl (C=O) groups is 1. The molecule has 3 aromatic heterocycles. The Bertz CT molecular complexity index is 1700. The third-order valence-corrected chi connectivity index (χ3v) is 7.73. The predicted molar refractivity (Wildman–Crippen MR) is 155 cm³/mol. The minimum absolute atomic E-state index is 0.414. The van der Waals surface area contributed by atoms with Crippen LogP contribution in [0, 0.1) is 6.92 Å². The number of methoxy groups -OCH3 is 1. The Labute approximate surface area is 235 Å². The normalized spacial score (nSPS) is 13.5. The molecule has 0 saturated carbocycles. The zero-order valence-electron chi connectivity index (χ0n) is 22.4. The molecule has 0 aliphatic carbocycles. The molecule has 1 aliphatic rings. The average molecular weight is 557 g/mol. The van der Waals surface area contributed by atoms with Crippen molar-refractivity contribution in [3.63, 3.8) is 0 Å². The minimum atomic E-state index is -0.754. The van der Waals surface area contributed by atoms with Gasteiger partial charge in [-0.2, -0.15) is 4.98 Å². The number of piperazine rings is 1. The first kappa shape index (κ1) is 25.9. The fourth-order valence-electron chi connectivity index (χ4n) is 4.73. The number of anilines is 1. The van der Waals surface area contributed by atoms with Crippen LogP contribution in [0.3, 0.4) is 0 Å². The Morgan fingerprint density at radius 2 is 1.77 bits per heavy atom. The van der Waals surface area contributed by atoms with E-state index < -0.39 is 6.16 Å². The van der Waals surface area contributed by atoms with Gasteiger partial charge >= 0.3 is 6.16 Å². The average Bonchev–Trinajstić information content (AvgIpc) is 3.37. The number of carbonyl (C=O) groups excluding carboxylic acids is 1. The lowest BCUT2D eigenvalue weighted by Crippen LogP contribution is -2.44. The lowest BCUT2D eigenvalue weighted by molar-refractivity contribution is 0.121. The zero-order valence-corrected chi connectivity index (χ0v) is 23.2. The second-order valence-electron chi connectivity index (χ2n) is 9.25. The number of nitrogens with zero attached hydrogens (tertiary/aromatic N) is 5. The molecule has 1 fully saturated rings. The first-order valence-corrected chi connectivity index (χ1v) is 13.9. The van der Waals surface area contributed by atoms with E-state index >= 15 is 0 Å². The number of fused-ring (bicyclic) bond motifs is 3. The van der Waals surface area contributed by atoms with Crippen LogP contribution >= 0.6 is 11.3 Å². The van der Waals surface area contributed by atoms with Gasteiger partial charge in [-0.15, -0.1) is 11.3 Å². The molecule has 10 nitrogen and oxygen atoms in total. The van der Waals surface area contributed by atoms with Crippen LogP contribution in [0.15, 0.2) is 48.5 Å². The Hall–Kier alpha value is -4.35. The van der Waals surface area contributed by atoms with Crippen molar-refractivity contribution in [1.82, 2.24) is 25.3 Å². The fraction of sp³-hybridized carbons (Fsp3) is 0.276. The van der Waals surface area contributed by atoms with Gasteiger partial charge < -0.3 is 24.4 Å². The van der Waals surface area contributed by atoms with Crippen LogP contribution in [0.25, 0.3) is 42.9 Å². The molecule has 0 bridgehead atoms. The maximum absolute atomic E-state index is 11.5. The number of hydrogen-bond acceptors (Lipinski definition) is 11. The van der Waals surface area contributed by atoms with Crippen molar-refractivity contribution in [3.05, 3.63) is 54.2 Å². The smallest absolute Gasteiger partial charge is 0.477 e. The molecule has 1 saturated heterocycles. The van der Waals surface area contributed by atoms with Gasteiger partial charge in [-0.1, -0.05) is 36.4 Å². The van der Waals surface area contributed by atoms with Gasteiger partial charge in [0, 0.05) is 31.7 Å². The van der Waals surface area contributed by atoms with E-state index in [0.29, 0.717) is 30.0 Å². The van der Waals surface area contributed by atoms with Gasteiger partial charge in [0.15, 0.2) is 5.82 Å². The van der Waals surface area contributed by atoms with Crippen molar-refractivity contribution in [1.29, 1.82) is 0 Å². The van der Waals surface area contributed by atoms with Crippen LogP contribution in [0.2, 0.25) is 0 Å². The van der Waals surface area contributed by atoms with Crippen LogP contribution in [0.4, 0.5) is 10.7 Å². The summed E-state index contributed by atoms with van der Waals surface area (Å²) in [6, 6.07) is 15.3. The Morgan fingerprint density at radius 1 is 1.00 bits per heavy atom. The minimum Gasteiger partial charge on any atom is -0.477 e. The summed E-state index contributed by atoms with van der Waals surface area (Å²) in [5.74, 6) is 2.32. The van der Waals surface area contributed by atoms with E-state index in [1.807, 2.05) is 50.2 Å². The van der Waals surface area contributed by atoms with Crippen molar-refractivity contribution < 1.29 is 19.0 Å². The lowest BCUT2D eigenvalue weighted by atomic mass is 10.0. The number of thiophene rings is 1. The molecule has 0 amide bonds. The summed E-state index contributed by atoms with van der Waals surface area (Å²) in [6.45, 7) is 7.95. The zero-order chi connectivity index (χ0) is 27.6. The maximum atomic E-state index is 11.5. The molecule has 0 unspecified atom stereocenters. The number of nitrogens with one attached hydrogen (secondary N) is 1. The number of rotatable bonds is 6. The Morgan fingerprint density at radius 3 is 2.52 bits per heavy atom. The predicted octanol–water partition coefficient (Wildman–Crippen LogP) is 5.23. The molecule has 2 aromatic carbocycles. The third kappa shape index (κ3) is 5.01. The Kier molecular flexibility index (Phi) is 7.14. The van der Waals surface area contributed by atoms with E-state index in [1.54, 1.807) is 12.1 Å². The summed E-state index contributed by atoms with van der Waals surface area (Å²) < 4.78 is 16.6. The number of benzene rings is 2. The van der Waals surface area contributed by atoms with E-state index in [-0.39, 0.29) is 0 Å². The van der Waals surface area contributed by atoms with Crippen LogP contribution in [-0.4, -0.2) is 66.0 Å². The molecule has 0 radical (unpaired) electrons. The van der Waals surface area contributed by atoms with E-state index in [4.69, 9.17) is 29.4 Å². The molecule has 0 atom stereocenters. The van der Waals surface area contributed by atoms with Crippen molar-refractivity contribution in [3.8, 4) is 34.1 Å². The molecular weight excluding hydrogens is 528 g/mol. The summed E-state index contributed by atoms with van der Waals surface area (Å²) in [7, 11) is 1.28. The number of hydrogen-bond donors (Lipinski definition) is 1. The van der Waals surface area contributed by atoms with Crippen molar-refractivity contribution in [2.75, 3.05) is 44.8 Å². The van der Waals surface area contributed by atoms with E-state index in [2.05, 4.69) is 15.0 Å². The molecule has 1 aliphatic heterocycles. The highest BCUT2D eigenvalue weighted by atomic mass is 32.1. The molecule has 0 spiro atoms. The van der Waals surface area contributed by atoms with Gasteiger partial charge in [0.25, 0.3) is 0 Å². The van der Waals surface area contributed by atoms with E-state index in [9.17, 15) is 4.79 Å². The topological polar surface area (TPSA) is 112 Å². The first-order chi connectivity index (χ1) is 19.5. The third-order valence-electron chi connectivity index (χ3n) is 6.67. The van der Waals surface area contributed by atoms with E-state index in [1.165, 1.54) is 18.4 Å². The van der Waals surface area contributed by atoms with Gasteiger partial charge in [0.1, 0.15) is 20.8 Å². The summed E-state index contributed by atoms with van der Waals surface area (Å²) in [5, 5.41) is 4.30. The molecule has 204 valence electrons. The van der Waals surface area contributed by atoms with Gasteiger partial charge in [0.05, 0.1) is 24.8 Å². The highest BCUT2D eigenvalue weighted by molar-refractivity contribution is 7.25. The molecule has 5 aromatic rings. The number of aromatic nitrogens is 4. The fourth-order valence-corrected chi connectivity index (χ4v) is 5.84. The SMILES string of the molecule is CCOc1nc(N2CCNCC2)nc2c1sc1nc(-c3ccc(-c4cccc(OC(=O)OC)c4)cc3)nc(C)c12. The summed E-state index contributed by atoms with van der Waals surface area (Å²) >= 11 is 1.53. The monoisotopic (exact) mass is 556 g/mol. The second kappa shape index (κ2) is 11.0. The Balaban J connectivity index is 1.36. The van der Waals surface area contributed by atoms with Crippen LogP contribution < -0.4 is 19.7 Å². The lowest BCUT2D eigenvalue weighted by Gasteiger charge is -2.27. The molecule has 11 heteroatoms.